The molecule has 2 saturated heterocycles. The van der Waals surface area contributed by atoms with E-state index in [4.69, 9.17) is 4.18 Å². The minimum absolute atomic E-state index is 0.188. The van der Waals surface area contributed by atoms with Gasteiger partial charge in [0.25, 0.3) is 10.0 Å². The Labute approximate surface area is 185 Å². The van der Waals surface area contributed by atoms with Crippen molar-refractivity contribution in [3.8, 4) is 0 Å². The average molecular weight is 476 g/mol. The molecule has 2 aliphatic heterocycles. The van der Waals surface area contributed by atoms with Crippen LogP contribution in [-0.2, 0) is 31.1 Å². The van der Waals surface area contributed by atoms with Crippen LogP contribution in [0.3, 0.4) is 0 Å². The number of piperidine rings is 1. The van der Waals surface area contributed by atoms with Gasteiger partial charge in [-0.1, -0.05) is 48.5 Å². The van der Waals surface area contributed by atoms with Crippen LogP contribution in [0.15, 0.2) is 30.3 Å². The maximum atomic E-state index is 13.7. The fourth-order valence-electron chi connectivity index (χ4n) is 3.84. The van der Waals surface area contributed by atoms with Crippen molar-refractivity contribution in [1.29, 1.82) is 0 Å². The Morgan fingerprint density at radius 1 is 0.968 bits per heavy atom. The molecule has 1 aromatic carbocycles. The number of benzene rings is 1. The van der Waals surface area contributed by atoms with Crippen LogP contribution in [0, 0.1) is 0 Å². The summed E-state index contributed by atoms with van der Waals surface area (Å²) >= 11 is 0. The molecule has 2 heterocycles. The molecule has 31 heavy (non-hydrogen) atoms. The monoisotopic (exact) mass is 475 g/mol. The Morgan fingerprint density at radius 3 is 2.19 bits per heavy atom. The molecule has 0 spiro atoms. The molecule has 0 radical (unpaired) electrons. The first-order chi connectivity index (χ1) is 14.8. The molecule has 0 aliphatic carbocycles. The van der Waals surface area contributed by atoms with Gasteiger partial charge in [-0.15, -0.1) is 0 Å². The second kappa shape index (κ2) is 11.1. The number of hydrazine groups is 2. The van der Waals surface area contributed by atoms with Gasteiger partial charge in [0.2, 0.25) is 0 Å². The smallest absolute Gasteiger partial charge is 0.288 e. The summed E-state index contributed by atoms with van der Waals surface area (Å²) in [5, 5.41) is 4.57. The number of rotatable bonds is 11. The van der Waals surface area contributed by atoms with Crippen molar-refractivity contribution in [1.82, 2.24) is 24.6 Å². The highest BCUT2D eigenvalue weighted by Gasteiger charge is 2.42. The third-order valence-electron chi connectivity index (χ3n) is 5.38. The standard InChI is InChI=1S/C19H33N5O5S2/c1-2-20-19(22-13-9-10-14-22)30(25,26)24(23-15-7-4-8-16-23)21-31(27,28)29-17-18-11-5-3-6-12-18/h3,5-6,11-12,19-21H,2,4,7-10,13-17H2,1H3. The summed E-state index contributed by atoms with van der Waals surface area (Å²) < 4.78 is 58.6. The summed E-state index contributed by atoms with van der Waals surface area (Å²) in [6, 6.07) is 8.85. The lowest BCUT2D eigenvalue weighted by atomic mass is 10.2. The third kappa shape index (κ3) is 6.68. The van der Waals surface area contributed by atoms with E-state index in [1.165, 1.54) is 0 Å². The van der Waals surface area contributed by atoms with E-state index < -0.39 is 25.8 Å². The highest BCUT2D eigenvalue weighted by atomic mass is 32.2. The van der Waals surface area contributed by atoms with Gasteiger partial charge in [-0.2, -0.15) is 8.42 Å². The fourth-order valence-corrected chi connectivity index (χ4v) is 6.82. The second-order valence-corrected chi connectivity index (χ2v) is 10.9. The Hall–Kier alpha value is -1.12. The number of nitrogens with one attached hydrogen (secondary N) is 2. The van der Waals surface area contributed by atoms with E-state index >= 15 is 0 Å². The van der Waals surface area contributed by atoms with Crippen molar-refractivity contribution in [3.63, 3.8) is 0 Å². The maximum absolute atomic E-state index is 13.7. The Kier molecular flexibility index (Phi) is 8.82. The van der Waals surface area contributed by atoms with Crippen LogP contribution in [0.1, 0.15) is 44.6 Å². The lowest BCUT2D eigenvalue weighted by molar-refractivity contribution is 0.0134. The number of hydrogen-bond donors (Lipinski definition) is 2. The first kappa shape index (κ1) is 24.5. The van der Waals surface area contributed by atoms with Gasteiger partial charge in [-0.3, -0.25) is 14.4 Å². The zero-order valence-electron chi connectivity index (χ0n) is 17.9. The van der Waals surface area contributed by atoms with Crippen molar-refractivity contribution < 1.29 is 21.0 Å². The van der Waals surface area contributed by atoms with Gasteiger partial charge >= 0.3 is 10.3 Å². The van der Waals surface area contributed by atoms with Crippen molar-refractivity contribution in [2.24, 2.45) is 0 Å². The molecule has 176 valence electrons. The quantitative estimate of drug-likeness (QED) is 0.456. The zero-order chi connectivity index (χ0) is 22.3. The molecule has 1 unspecified atom stereocenters. The summed E-state index contributed by atoms with van der Waals surface area (Å²) in [7, 11) is -8.50. The number of hydrogen-bond acceptors (Lipinski definition) is 8. The average Bonchev–Trinajstić information content (AvgIpc) is 3.30. The van der Waals surface area contributed by atoms with Crippen molar-refractivity contribution >= 4 is 20.3 Å². The van der Waals surface area contributed by atoms with Crippen LogP contribution in [-0.4, -0.2) is 69.5 Å². The van der Waals surface area contributed by atoms with E-state index in [0.717, 1.165) is 36.6 Å². The molecule has 2 N–H and O–H groups in total. The summed E-state index contributed by atoms with van der Waals surface area (Å²) in [6.45, 7) is 4.25. The first-order valence-electron chi connectivity index (χ1n) is 10.8. The van der Waals surface area contributed by atoms with E-state index in [1.807, 2.05) is 17.9 Å². The van der Waals surface area contributed by atoms with Gasteiger partial charge in [-0.05, 0) is 42.3 Å². The lowest BCUT2D eigenvalue weighted by Gasteiger charge is -2.39. The molecule has 3 rings (SSSR count). The van der Waals surface area contributed by atoms with Crippen LogP contribution < -0.4 is 10.1 Å². The highest BCUT2D eigenvalue weighted by molar-refractivity contribution is 7.90. The zero-order valence-corrected chi connectivity index (χ0v) is 19.6. The molecule has 10 nitrogen and oxygen atoms in total. The van der Waals surface area contributed by atoms with Crippen LogP contribution in [0.2, 0.25) is 0 Å². The summed E-state index contributed by atoms with van der Waals surface area (Å²) in [5.74, 6) is 0. The third-order valence-corrected chi connectivity index (χ3v) is 8.15. The fraction of sp³-hybridized carbons (Fsp3) is 0.684. The minimum atomic E-state index is -4.37. The number of sulfonamides is 1. The van der Waals surface area contributed by atoms with E-state index in [1.54, 1.807) is 29.3 Å². The minimum Gasteiger partial charge on any atom is -0.288 e. The molecule has 0 amide bonds. The summed E-state index contributed by atoms with van der Waals surface area (Å²) in [4.78, 5) is 4.03. The molecular weight excluding hydrogens is 442 g/mol. The van der Waals surface area contributed by atoms with Crippen LogP contribution in [0.25, 0.3) is 0 Å². The molecule has 1 atom stereocenters. The van der Waals surface area contributed by atoms with Crippen LogP contribution in [0.4, 0.5) is 0 Å². The summed E-state index contributed by atoms with van der Waals surface area (Å²) in [5.41, 5.74) is -0.346. The van der Waals surface area contributed by atoms with Gasteiger partial charge in [0, 0.05) is 26.2 Å². The predicted octanol–water partition coefficient (Wildman–Crippen LogP) is 0.974. The van der Waals surface area contributed by atoms with E-state index in [0.29, 0.717) is 38.3 Å². The lowest BCUT2D eigenvalue weighted by Crippen LogP contribution is -2.64. The van der Waals surface area contributed by atoms with Crippen LogP contribution in [0.5, 0.6) is 0 Å². The molecule has 2 aliphatic rings. The van der Waals surface area contributed by atoms with Crippen molar-refractivity contribution in [2.75, 3.05) is 32.7 Å². The molecular formula is C19H33N5O5S2. The molecule has 0 saturated carbocycles. The highest BCUT2D eigenvalue weighted by Crippen LogP contribution is 2.21. The summed E-state index contributed by atoms with van der Waals surface area (Å²) in [6.07, 6.45) is 4.37. The number of likely N-dealkylation sites (tertiary alicyclic amines) is 1. The molecule has 0 aromatic heterocycles. The van der Waals surface area contributed by atoms with E-state index in [2.05, 4.69) is 10.1 Å². The Bertz CT molecular complexity index is 886. The SMILES string of the molecule is CCNC(N1CCCC1)S(=O)(=O)N(NS(=O)(=O)OCc1ccccc1)N1CCCCC1. The maximum Gasteiger partial charge on any atom is 0.351 e. The molecule has 2 fully saturated rings. The topological polar surface area (TPSA) is 111 Å². The van der Waals surface area contributed by atoms with Crippen molar-refractivity contribution in [3.05, 3.63) is 35.9 Å². The molecule has 12 heteroatoms. The molecule has 0 bridgehead atoms. The van der Waals surface area contributed by atoms with Gasteiger partial charge < -0.3 is 0 Å². The van der Waals surface area contributed by atoms with Gasteiger partial charge in [0.1, 0.15) is 0 Å². The number of nitrogens with zero attached hydrogens (tertiary/aromatic N) is 3. The van der Waals surface area contributed by atoms with E-state index in [9.17, 15) is 16.8 Å². The Balaban J connectivity index is 1.82. The van der Waals surface area contributed by atoms with Crippen molar-refractivity contribution in [2.45, 2.75) is 51.1 Å². The van der Waals surface area contributed by atoms with Crippen LogP contribution >= 0.6 is 0 Å². The van der Waals surface area contributed by atoms with Gasteiger partial charge in [0.05, 0.1) is 6.61 Å². The first-order valence-corrected chi connectivity index (χ1v) is 13.7. The Morgan fingerprint density at radius 2 is 1.58 bits per heavy atom. The predicted molar refractivity (Wildman–Crippen MR) is 118 cm³/mol. The van der Waals surface area contributed by atoms with Gasteiger partial charge in [-0.25, -0.2) is 13.4 Å². The largest absolute Gasteiger partial charge is 0.351 e. The molecule has 1 aromatic rings. The van der Waals surface area contributed by atoms with Gasteiger partial charge in [0.15, 0.2) is 5.50 Å². The second-order valence-electron chi connectivity index (χ2n) is 7.75. The van der Waals surface area contributed by atoms with E-state index in [-0.39, 0.29) is 6.61 Å². The normalized spacial score (nSPS) is 20.3.